The van der Waals surface area contributed by atoms with E-state index in [-0.39, 0.29) is 18.0 Å². The number of hydrogen-bond acceptors (Lipinski definition) is 4. The highest BCUT2D eigenvalue weighted by molar-refractivity contribution is 6.31. The number of phenols is 1. The Kier molecular flexibility index (Phi) is 6.28. The summed E-state index contributed by atoms with van der Waals surface area (Å²) in [7, 11) is 0. The fraction of sp³-hybridized carbons (Fsp3) is 0.208. The second-order valence-corrected chi connectivity index (χ2v) is 7.99. The third-order valence-electron chi connectivity index (χ3n) is 5.07. The van der Waals surface area contributed by atoms with Crippen LogP contribution in [0.25, 0.3) is 0 Å². The van der Waals surface area contributed by atoms with Gasteiger partial charge in [0, 0.05) is 33.8 Å². The van der Waals surface area contributed by atoms with E-state index < -0.39 is 0 Å². The maximum Gasteiger partial charge on any atom is 0.126 e. The van der Waals surface area contributed by atoms with Gasteiger partial charge in [0.1, 0.15) is 17.7 Å². The minimum absolute atomic E-state index is 0.160. The molecule has 0 amide bonds. The second-order valence-electron chi connectivity index (χ2n) is 7.12. The van der Waals surface area contributed by atoms with Gasteiger partial charge in [-0.25, -0.2) is 0 Å². The zero-order valence-corrected chi connectivity index (χ0v) is 18.0. The van der Waals surface area contributed by atoms with Crippen molar-refractivity contribution in [1.82, 2.24) is 5.32 Å². The van der Waals surface area contributed by atoms with Crippen molar-refractivity contribution >= 4 is 28.9 Å². The molecule has 4 nitrogen and oxygen atoms in total. The number of halogens is 2. The molecule has 0 saturated carbocycles. The number of hydrogen-bond donors (Lipinski definition) is 2. The Labute approximate surface area is 186 Å². The number of rotatable bonds is 5. The van der Waals surface area contributed by atoms with Gasteiger partial charge in [0.15, 0.2) is 0 Å². The minimum Gasteiger partial charge on any atom is -0.508 e. The van der Waals surface area contributed by atoms with Crippen LogP contribution in [0.15, 0.2) is 71.7 Å². The third-order valence-corrected chi connectivity index (χ3v) is 5.54. The Morgan fingerprint density at radius 2 is 1.80 bits per heavy atom. The lowest BCUT2D eigenvalue weighted by Crippen LogP contribution is -2.33. The van der Waals surface area contributed by atoms with Gasteiger partial charge in [0.05, 0.1) is 6.61 Å². The molecule has 154 valence electrons. The molecule has 0 radical (unpaired) electrons. The Hall–Kier alpha value is -2.53. The van der Waals surface area contributed by atoms with Crippen molar-refractivity contribution in [3.63, 3.8) is 0 Å². The van der Waals surface area contributed by atoms with Crippen LogP contribution in [-0.4, -0.2) is 17.4 Å². The first kappa shape index (κ1) is 20.7. The van der Waals surface area contributed by atoms with Crippen LogP contribution in [0, 0.1) is 0 Å². The highest BCUT2D eigenvalue weighted by Crippen LogP contribution is 2.36. The average molecular weight is 441 g/mol. The summed E-state index contributed by atoms with van der Waals surface area (Å²) in [6.45, 7) is 2.58. The summed E-state index contributed by atoms with van der Waals surface area (Å²) in [6, 6.07) is 20.5. The van der Waals surface area contributed by atoms with Crippen LogP contribution in [0.1, 0.15) is 42.2 Å². The van der Waals surface area contributed by atoms with Crippen LogP contribution in [0.5, 0.6) is 11.5 Å². The summed E-state index contributed by atoms with van der Waals surface area (Å²) in [4.78, 5) is 4.96. The van der Waals surface area contributed by atoms with Crippen LogP contribution in [0.4, 0.5) is 0 Å². The molecule has 0 aliphatic carbocycles. The van der Waals surface area contributed by atoms with Gasteiger partial charge in [-0.3, -0.25) is 10.3 Å². The van der Waals surface area contributed by atoms with E-state index >= 15 is 0 Å². The Morgan fingerprint density at radius 3 is 2.53 bits per heavy atom. The van der Waals surface area contributed by atoms with Gasteiger partial charge in [0.2, 0.25) is 0 Å². The van der Waals surface area contributed by atoms with Gasteiger partial charge in [0.25, 0.3) is 0 Å². The molecule has 0 aromatic heterocycles. The van der Waals surface area contributed by atoms with Gasteiger partial charge < -0.3 is 9.84 Å². The fourth-order valence-electron chi connectivity index (χ4n) is 3.64. The molecule has 0 spiro atoms. The maximum absolute atomic E-state index is 10.5. The number of phenolic OH excluding ortho intramolecular Hbond substituents is 1. The summed E-state index contributed by atoms with van der Waals surface area (Å²) in [5.74, 6) is 1.03. The van der Waals surface area contributed by atoms with E-state index in [1.807, 2.05) is 55.5 Å². The van der Waals surface area contributed by atoms with Gasteiger partial charge in [-0.1, -0.05) is 35.3 Å². The lowest BCUT2D eigenvalue weighted by atomic mass is 9.93. The Bertz CT molecular complexity index is 1070. The van der Waals surface area contributed by atoms with Crippen molar-refractivity contribution < 1.29 is 9.84 Å². The van der Waals surface area contributed by atoms with E-state index in [1.54, 1.807) is 18.2 Å². The minimum atomic E-state index is -0.303. The molecule has 0 saturated heterocycles. The van der Waals surface area contributed by atoms with E-state index in [1.165, 1.54) is 0 Å². The molecule has 1 aliphatic rings. The summed E-state index contributed by atoms with van der Waals surface area (Å²) in [6.07, 6.45) is 0.307. The molecule has 6 heteroatoms. The summed E-state index contributed by atoms with van der Waals surface area (Å²) < 4.78 is 5.56. The molecule has 0 unspecified atom stereocenters. The van der Waals surface area contributed by atoms with Crippen LogP contribution in [0.3, 0.4) is 0 Å². The van der Waals surface area contributed by atoms with Crippen molar-refractivity contribution in [2.75, 3.05) is 6.61 Å². The van der Waals surface area contributed by atoms with Crippen molar-refractivity contribution in [2.45, 2.75) is 25.6 Å². The van der Waals surface area contributed by atoms with Gasteiger partial charge in [-0.15, -0.1) is 0 Å². The quantitative estimate of drug-likeness (QED) is 0.487. The maximum atomic E-state index is 10.5. The zero-order valence-electron chi connectivity index (χ0n) is 16.5. The molecule has 30 heavy (non-hydrogen) atoms. The van der Waals surface area contributed by atoms with Crippen LogP contribution < -0.4 is 10.1 Å². The SMILES string of the molecule is CCOc1ccc(C2=N[C@@H](c3cccc(Cl)c3)N[C@@H](c3cc(Cl)ccc3O)C2)cc1. The van der Waals surface area contributed by atoms with Crippen LogP contribution in [-0.2, 0) is 0 Å². The lowest BCUT2D eigenvalue weighted by Gasteiger charge is -2.31. The first-order valence-corrected chi connectivity index (χ1v) is 10.6. The largest absolute Gasteiger partial charge is 0.508 e. The van der Waals surface area contributed by atoms with Gasteiger partial charge in [-0.2, -0.15) is 0 Å². The monoisotopic (exact) mass is 440 g/mol. The molecule has 0 bridgehead atoms. The summed E-state index contributed by atoms with van der Waals surface area (Å²) in [5, 5.41) is 15.2. The third kappa shape index (κ3) is 4.62. The van der Waals surface area contributed by atoms with E-state index in [4.69, 9.17) is 32.9 Å². The average Bonchev–Trinajstić information content (AvgIpc) is 2.76. The highest BCUT2D eigenvalue weighted by atomic mass is 35.5. The molecule has 2 atom stereocenters. The number of benzene rings is 3. The predicted octanol–water partition coefficient (Wildman–Crippen LogP) is 6.32. The first-order chi connectivity index (χ1) is 14.5. The van der Waals surface area contributed by atoms with Crippen molar-refractivity contribution in [3.8, 4) is 11.5 Å². The second kappa shape index (κ2) is 9.09. The standard InChI is InChI=1S/C24H22Cl2N2O2/c1-2-30-19-9-6-15(7-10-19)21-14-22(20-13-18(26)8-11-23(20)29)28-24(27-21)16-4-3-5-17(25)12-16/h3-13,22,24,28-29H,2,14H2,1H3/t22-,24-/m1/s1. The smallest absolute Gasteiger partial charge is 0.126 e. The van der Waals surface area contributed by atoms with Crippen LogP contribution in [0.2, 0.25) is 10.0 Å². The van der Waals surface area contributed by atoms with Gasteiger partial charge >= 0.3 is 0 Å². The van der Waals surface area contributed by atoms with Crippen molar-refractivity contribution in [3.05, 3.63) is 93.5 Å². The molecule has 0 fully saturated rings. The molecule has 3 aromatic rings. The molecule has 1 heterocycles. The molecule has 2 N–H and O–H groups in total. The number of nitrogens with one attached hydrogen (secondary N) is 1. The summed E-state index contributed by atoms with van der Waals surface area (Å²) >= 11 is 12.4. The first-order valence-electron chi connectivity index (χ1n) is 9.83. The lowest BCUT2D eigenvalue weighted by molar-refractivity contribution is 0.340. The van der Waals surface area contributed by atoms with Crippen molar-refractivity contribution in [2.24, 2.45) is 4.99 Å². The number of nitrogens with zero attached hydrogens (tertiary/aromatic N) is 1. The van der Waals surface area contributed by atoms with Crippen molar-refractivity contribution in [1.29, 1.82) is 0 Å². The van der Waals surface area contributed by atoms with E-state index in [0.29, 0.717) is 23.1 Å². The zero-order chi connectivity index (χ0) is 21.1. The topological polar surface area (TPSA) is 53.8 Å². The van der Waals surface area contributed by atoms with E-state index in [0.717, 1.165) is 28.2 Å². The Morgan fingerprint density at radius 1 is 1.03 bits per heavy atom. The molecule has 4 rings (SSSR count). The number of aliphatic imine (C=N–C) groups is 1. The molecular weight excluding hydrogens is 419 g/mol. The van der Waals surface area contributed by atoms with E-state index in [9.17, 15) is 5.11 Å². The predicted molar refractivity (Wildman–Crippen MR) is 122 cm³/mol. The molecular formula is C24H22Cl2N2O2. The molecule has 1 aliphatic heterocycles. The number of aromatic hydroxyl groups is 1. The normalized spacial score (nSPS) is 18.7. The number of ether oxygens (including phenoxy) is 1. The summed E-state index contributed by atoms with van der Waals surface area (Å²) in [5.41, 5.74) is 3.65. The van der Waals surface area contributed by atoms with Crippen LogP contribution >= 0.6 is 23.2 Å². The van der Waals surface area contributed by atoms with E-state index in [2.05, 4.69) is 5.32 Å². The van der Waals surface area contributed by atoms with Gasteiger partial charge in [-0.05, 0) is 72.6 Å². The molecule has 3 aromatic carbocycles. The fourth-order valence-corrected chi connectivity index (χ4v) is 4.02. The Balaban J connectivity index is 1.73. The highest BCUT2D eigenvalue weighted by Gasteiger charge is 2.28.